The van der Waals surface area contributed by atoms with Crippen LogP contribution in [0.4, 0.5) is 10.1 Å². The van der Waals surface area contributed by atoms with Crippen LogP contribution < -0.4 is 10.6 Å². The molecular formula is C17H22FN5O. The van der Waals surface area contributed by atoms with Crippen molar-refractivity contribution in [3.63, 3.8) is 0 Å². The highest BCUT2D eigenvalue weighted by atomic mass is 19.1. The van der Waals surface area contributed by atoms with E-state index in [1.807, 2.05) is 6.92 Å². The zero-order valence-electron chi connectivity index (χ0n) is 13.8. The van der Waals surface area contributed by atoms with Crippen molar-refractivity contribution in [1.29, 1.82) is 0 Å². The molecule has 2 N–H and O–H groups in total. The summed E-state index contributed by atoms with van der Waals surface area (Å²) < 4.78 is 18.5. The molecule has 1 aromatic carbocycles. The number of piperazine rings is 1. The number of aliphatic imine (C=N–C) groups is 1. The lowest BCUT2D eigenvalue weighted by atomic mass is 10.2. The van der Waals surface area contributed by atoms with E-state index >= 15 is 0 Å². The van der Waals surface area contributed by atoms with Gasteiger partial charge in [-0.25, -0.2) is 14.4 Å². The van der Waals surface area contributed by atoms with Crippen molar-refractivity contribution in [3.8, 4) is 0 Å². The molecule has 0 amide bonds. The van der Waals surface area contributed by atoms with Crippen LogP contribution in [-0.4, -0.2) is 42.0 Å². The molecule has 1 aliphatic rings. The molecule has 1 saturated heterocycles. The van der Waals surface area contributed by atoms with Crippen LogP contribution >= 0.6 is 0 Å². The average Bonchev–Trinajstić information content (AvgIpc) is 3.09. The number of hydrogen-bond acceptors (Lipinski definition) is 4. The highest BCUT2D eigenvalue weighted by molar-refractivity contribution is 5.78. The number of aromatic nitrogens is 1. The van der Waals surface area contributed by atoms with Gasteiger partial charge in [-0.1, -0.05) is 6.92 Å². The van der Waals surface area contributed by atoms with Gasteiger partial charge in [0.15, 0.2) is 11.9 Å². The van der Waals surface area contributed by atoms with Crippen molar-refractivity contribution in [2.75, 3.05) is 31.1 Å². The number of rotatable bonds is 4. The molecule has 0 radical (unpaired) electrons. The number of nitrogens with two attached hydrogens (primary N) is 1. The summed E-state index contributed by atoms with van der Waals surface area (Å²) in [6.07, 6.45) is 2.46. The summed E-state index contributed by atoms with van der Waals surface area (Å²) in [6, 6.07) is 6.58. The summed E-state index contributed by atoms with van der Waals surface area (Å²) in [5.41, 5.74) is 7.11. The number of benzene rings is 1. The molecule has 0 bridgehead atoms. The first kappa shape index (κ1) is 16.3. The van der Waals surface area contributed by atoms with Gasteiger partial charge in [-0.05, 0) is 24.3 Å². The number of hydrogen-bond donors (Lipinski definition) is 1. The van der Waals surface area contributed by atoms with E-state index < -0.39 is 0 Å². The van der Waals surface area contributed by atoms with Crippen LogP contribution in [0, 0.1) is 5.82 Å². The first-order valence-electron chi connectivity index (χ1n) is 8.14. The smallest absolute Gasteiger partial charge is 0.194 e. The normalized spacial score (nSPS) is 15.8. The van der Waals surface area contributed by atoms with E-state index in [1.54, 1.807) is 18.3 Å². The number of oxazole rings is 1. The summed E-state index contributed by atoms with van der Waals surface area (Å²) in [7, 11) is 0. The standard InChI is InChI=1S/C17H22FN5O/c1-2-16-20-11-15(24-16)12-21-17(19)23-9-7-22(8-10-23)14-5-3-13(18)4-6-14/h3-6,11H,2,7-10,12H2,1H3,(H2,19,21). The Morgan fingerprint density at radius 1 is 1.25 bits per heavy atom. The van der Waals surface area contributed by atoms with Gasteiger partial charge in [0, 0.05) is 38.3 Å². The summed E-state index contributed by atoms with van der Waals surface area (Å²) in [6.45, 7) is 5.60. The second-order valence-corrected chi connectivity index (χ2v) is 5.70. The molecule has 1 aromatic heterocycles. The maximum atomic E-state index is 13.0. The molecule has 3 rings (SSSR count). The Morgan fingerprint density at radius 2 is 1.96 bits per heavy atom. The second kappa shape index (κ2) is 7.33. The summed E-state index contributed by atoms with van der Waals surface area (Å²) in [4.78, 5) is 12.8. The van der Waals surface area contributed by atoms with Gasteiger partial charge in [0.1, 0.15) is 18.1 Å². The van der Waals surface area contributed by atoms with E-state index in [2.05, 4.69) is 19.8 Å². The predicted molar refractivity (Wildman–Crippen MR) is 91.4 cm³/mol. The first-order chi connectivity index (χ1) is 11.7. The largest absolute Gasteiger partial charge is 0.444 e. The summed E-state index contributed by atoms with van der Waals surface area (Å²) in [5, 5.41) is 0. The van der Waals surface area contributed by atoms with Crippen LogP contribution in [0.1, 0.15) is 18.6 Å². The Bertz CT molecular complexity index is 689. The number of anilines is 1. The van der Waals surface area contributed by atoms with Gasteiger partial charge in [-0.15, -0.1) is 0 Å². The highest BCUT2D eigenvalue weighted by Gasteiger charge is 2.18. The van der Waals surface area contributed by atoms with Crippen molar-refractivity contribution < 1.29 is 8.81 Å². The van der Waals surface area contributed by atoms with Gasteiger partial charge < -0.3 is 20.0 Å². The molecule has 0 atom stereocenters. The van der Waals surface area contributed by atoms with E-state index in [4.69, 9.17) is 10.2 Å². The minimum atomic E-state index is -0.215. The van der Waals surface area contributed by atoms with E-state index in [0.29, 0.717) is 18.4 Å². The van der Waals surface area contributed by atoms with E-state index in [-0.39, 0.29) is 5.82 Å². The van der Waals surface area contributed by atoms with Crippen molar-refractivity contribution in [2.24, 2.45) is 10.7 Å². The zero-order valence-corrected chi connectivity index (χ0v) is 13.8. The third kappa shape index (κ3) is 3.84. The van der Waals surface area contributed by atoms with Crippen LogP contribution in [0.3, 0.4) is 0 Å². The minimum Gasteiger partial charge on any atom is -0.444 e. The summed E-state index contributed by atoms with van der Waals surface area (Å²) >= 11 is 0. The molecule has 0 spiro atoms. The van der Waals surface area contributed by atoms with Gasteiger partial charge in [0.2, 0.25) is 0 Å². The van der Waals surface area contributed by atoms with E-state index in [9.17, 15) is 4.39 Å². The molecule has 0 saturated carbocycles. The molecular weight excluding hydrogens is 309 g/mol. The van der Waals surface area contributed by atoms with Gasteiger partial charge >= 0.3 is 0 Å². The Hall–Kier alpha value is -2.57. The fraction of sp³-hybridized carbons (Fsp3) is 0.412. The maximum Gasteiger partial charge on any atom is 0.194 e. The van der Waals surface area contributed by atoms with E-state index in [1.165, 1.54) is 12.1 Å². The van der Waals surface area contributed by atoms with Gasteiger partial charge in [0.25, 0.3) is 0 Å². The quantitative estimate of drug-likeness (QED) is 0.685. The third-order valence-corrected chi connectivity index (χ3v) is 4.10. The Kier molecular flexibility index (Phi) is 4.98. The number of aryl methyl sites for hydroxylation is 1. The van der Waals surface area contributed by atoms with Gasteiger partial charge in [-0.3, -0.25) is 0 Å². The molecule has 128 valence electrons. The molecule has 2 heterocycles. The molecule has 0 unspecified atom stereocenters. The molecule has 24 heavy (non-hydrogen) atoms. The Balaban J connectivity index is 1.53. The summed E-state index contributed by atoms with van der Waals surface area (Å²) in [5.74, 6) is 1.74. The van der Waals surface area contributed by atoms with Crippen LogP contribution in [0.15, 0.2) is 39.9 Å². The Labute approximate surface area is 140 Å². The topological polar surface area (TPSA) is 70.9 Å². The molecule has 1 aliphatic heterocycles. The van der Waals surface area contributed by atoms with Crippen molar-refractivity contribution in [2.45, 2.75) is 19.9 Å². The third-order valence-electron chi connectivity index (χ3n) is 4.10. The molecule has 0 aliphatic carbocycles. The second-order valence-electron chi connectivity index (χ2n) is 5.70. The van der Waals surface area contributed by atoms with Crippen molar-refractivity contribution in [1.82, 2.24) is 9.88 Å². The number of nitrogens with zero attached hydrogens (tertiary/aromatic N) is 4. The van der Waals surface area contributed by atoms with Crippen molar-refractivity contribution in [3.05, 3.63) is 47.9 Å². The minimum absolute atomic E-state index is 0.215. The van der Waals surface area contributed by atoms with Gasteiger partial charge in [0.05, 0.1) is 6.20 Å². The van der Waals surface area contributed by atoms with Crippen LogP contribution in [-0.2, 0) is 13.0 Å². The van der Waals surface area contributed by atoms with E-state index in [0.717, 1.165) is 44.0 Å². The highest BCUT2D eigenvalue weighted by Crippen LogP contribution is 2.17. The lowest BCUT2D eigenvalue weighted by Crippen LogP contribution is -2.51. The SMILES string of the molecule is CCc1ncc(CN=C(N)N2CCN(c3ccc(F)cc3)CC2)o1. The monoisotopic (exact) mass is 331 g/mol. The number of halogens is 1. The number of guanidine groups is 1. The average molecular weight is 331 g/mol. The van der Waals surface area contributed by atoms with Crippen LogP contribution in [0.25, 0.3) is 0 Å². The van der Waals surface area contributed by atoms with Crippen LogP contribution in [0.5, 0.6) is 0 Å². The molecule has 2 aromatic rings. The zero-order chi connectivity index (χ0) is 16.9. The van der Waals surface area contributed by atoms with Crippen LogP contribution in [0.2, 0.25) is 0 Å². The predicted octanol–water partition coefficient (Wildman–Crippen LogP) is 2.01. The maximum absolute atomic E-state index is 13.0. The molecule has 6 nitrogen and oxygen atoms in total. The van der Waals surface area contributed by atoms with Crippen molar-refractivity contribution >= 4 is 11.6 Å². The molecule has 7 heteroatoms. The first-order valence-corrected chi connectivity index (χ1v) is 8.14. The lowest BCUT2D eigenvalue weighted by molar-refractivity contribution is 0.379. The molecule has 1 fully saturated rings. The lowest BCUT2D eigenvalue weighted by Gasteiger charge is -2.36. The fourth-order valence-corrected chi connectivity index (χ4v) is 2.69. The van der Waals surface area contributed by atoms with Gasteiger partial charge in [-0.2, -0.15) is 0 Å². The Morgan fingerprint density at radius 3 is 2.58 bits per heavy atom. The fourth-order valence-electron chi connectivity index (χ4n) is 2.69.